The number of anilines is 1. The maximum absolute atomic E-state index is 11.8. The van der Waals surface area contributed by atoms with Crippen LogP contribution in [0.25, 0.3) is 0 Å². The molecule has 1 fully saturated rings. The first-order chi connectivity index (χ1) is 9.65. The first-order valence-electron chi connectivity index (χ1n) is 6.94. The second kappa shape index (κ2) is 7.05. The number of carbonyl (C=O) groups excluding carboxylic acids is 2. The van der Waals surface area contributed by atoms with Crippen LogP contribution in [0.1, 0.15) is 12.8 Å². The van der Waals surface area contributed by atoms with Gasteiger partial charge in [-0.05, 0) is 37.4 Å². The van der Waals surface area contributed by atoms with E-state index < -0.39 is 0 Å². The molecule has 5 heteroatoms. The monoisotopic (exact) mass is 275 g/mol. The van der Waals surface area contributed by atoms with Crippen molar-refractivity contribution in [3.63, 3.8) is 0 Å². The van der Waals surface area contributed by atoms with Crippen LogP contribution in [0.4, 0.5) is 5.69 Å². The average Bonchev–Trinajstić information content (AvgIpc) is 3.23. The third-order valence-corrected chi connectivity index (χ3v) is 3.27. The molecule has 0 saturated heterocycles. The van der Waals surface area contributed by atoms with Crippen molar-refractivity contribution in [1.82, 2.24) is 10.2 Å². The summed E-state index contributed by atoms with van der Waals surface area (Å²) in [5, 5.41) is 5.89. The second-order valence-corrected chi connectivity index (χ2v) is 5.24. The van der Waals surface area contributed by atoms with Gasteiger partial charge in [-0.25, -0.2) is 0 Å². The fourth-order valence-electron chi connectivity index (χ4n) is 1.87. The number of para-hydroxylation sites is 1. The lowest BCUT2D eigenvalue weighted by atomic mass is 10.3. The zero-order chi connectivity index (χ0) is 14.4. The number of nitrogens with one attached hydrogen (secondary N) is 2. The van der Waals surface area contributed by atoms with Crippen molar-refractivity contribution in [3.05, 3.63) is 30.3 Å². The molecule has 5 nitrogen and oxygen atoms in total. The molecule has 108 valence electrons. The summed E-state index contributed by atoms with van der Waals surface area (Å²) >= 11 is 0. The van der Waals surface area contributed by atoms with E-state index in [1.165, 1.54) is 17.7 Å². The van der Waals surface area contributed by atoms with E-state index in [4.69, 9.17) is 0 Å². The Morgan fingerprint density at radius 3 is 2.60 bits per heavy atom. The van der Waals surface area contributed by atoms with E-state index in [9.17, 15) is 9.59 Å². The summed E-state index contributed by atoms with van der Waals surface area (Å²) in [6, 6.07) is 9.23. The van der Waals surface area contributed by atoms with Gasteiger partial charge >= 0.3 is 0 Å². The number of amides is 2. The number of hydrogen-bond acceptors (Lipinski definition) is 3. The van der Waals surface area contributed by atoms with Crippen molar-refractivity contribution >= 4 is 17.5 Å². The SMILES string of the molecule is CN(CC(=O)Nc1ccccc1)C(=O)CNCC1CC1. The van der Waals surface area contributed by atoms with Gasteiger partial charge in [0.2, 0.25) is 11.8 Å². The van der Waals surface area contributed by atoms with Gasteiger partial charge in [0.05, 0.1) is 13.1 Å². The smallest absolute Gasteiger partial charge is 0.243 e. The molecule has 2 rings (SSSR count). The van der Waals surface area contributed by atoms with Gasteiger partial charge in [-0.3, -0.25) is 9.59 Å². The zero-order valence-electron chi connectivity index (χ0n) is 11.8. The van der Waals surface area contributed by atoms with Gasteiger partial charge in [0.15, 0.2) is 0 Å². The van der Waals surface area contributed by atoms with Gasteiger partial charge in [-0.15, -0.1) is 0 Å². The van der Waals surface area contributed by atoms with E-state index in [0.29, 0.717) is 6.54 Å². The Morgan fingerprint density at radius 1 is 1.25 bits per heavy atom. The number of nitrogens with zero attached hydrogens (tertiary/aromatic N) is 1. The first-order valence-corrected chi connectivity index (χ1v) is 6.94. The predicted molar refractivity (Wildman–Crippen MR) is 78.3 cm³/mol. The van der Waals surface area contributed by atoms with E-state index in [1.54, 1.807) is 7.05 Å². The molecule has 0 radical (unpaired) electrons. The Kier molecular flexibility index (Phi) is 5.12. The highest BCUT2D eigenvalue weighted by Crippen LogP contribution is 2.27. The van der Waals surface area contributed by atoms with Crippen molar-refractivity contribution in [1.29, 1.82) is 0 Å². The zero-order valence-corrected chi connectivity index (χ0v) is 11.8. The summed E-state index contributed by atoms with van der Waals surface area (Å²) < 4.78 is 0. The maximum Gasteiger partial charge on any atom is 0.243 e. The van der Waals surface area contributed by atoms with E-state index in [2.05, 4.69) is 10.6 Å². The van der Waals surface area contributed by atoms with E-state index in [0.717, 1.165) is 18.2 Å². The number of rotatable bonds is 7. The lowest BCUT2D eigenvalue weighted by Crippen LogP contribution is -2.40. The predicted octanol–water partition coefficient (Wildman–Crippen LogP) is 1.08. The minimum Gasteiger partial charge on any atom is -0.335 e. The molecule has 1 saturated carbocycles. The topological polar surface area (TPSA) is 61.4 Å². The summed E-state index contributed by atoms with van der Waals surface area (Å²) in [6.45, 7) is 1.26. The molecule has 20 heavy (non-hydrogen) atoms. The van der Waals surface area contributed by atoms with Crippen molar-refractivity contribution in [2.24, 2.45) is 5.92 Å². The second-order valence-electron chi connectivity index (χ2n) is 5.24. The molecule has 1 aliphatic rings. The summed E-state index contributed by atoms with van der Waals surface area (Å²) in [5.74, 6) is 0.498. The van der Waals surface area contributed by atoms with Gasteiger partial charge in [0, 0.05) is 12.7 Å². The van der Waals surface area contributed by atoms with Crippen molar-refractivity contribution < 1.29 is 9.59 Å². The Morgan fingerprint density at radius 2 is 1.95 bits per heavy atom. The summed E-state index contributed by atoms with van der Waals surface area (Å²) in [7, 11) is 1.64. The fraction of sp³-hybridized carbons (Fsp3) is 0.467. The largest absolute Gasteiger partial charge is 0.335 e. The van der Waals surface area contributed by atoms with Gasteiger partial charge < -0.3 is 15.5 Å². The number of benzene rings is 1. The summed E-state index contributed by atoms with van der Waals surface area (Å²) in [4.78, 5) is 25.1. The molecule has 0 heterocycles. The standard InChI is InChI=1S/C15H21N3O2/c1-18(15(20)10-16-9-12-7-8-12)11-14(19)17-13-5-3-2-4-6-13/h2-6,12,16H,7-11H2,1H3,(H,17,19). The van der Waals surface area contributed by atoms with E-state index in [1.807, 2.05) is 30.3 Å². The molecule has 0 aliphatic heterocycles. The highest BCUT2D eigenvalue weighted by atomic mass is 16.2. The quantitative estimate of drug-likeness (QED) is 0.783. The molecule has 2 N–H and O–H groups in total. The van der Waals surface area contributed by atoms with E-state index in [-0.39, 0.29) is 18.4 Å². The lowest BCUT2D eigenvalue weighted by Gasteiger charge is -2.17. The molecule has 1 aliphatic carbocycles. The van der Waals surface area contributed by atoms with E-state index >= 15 is 0 Å². The van der Waals surface area contributed by atoms with Crippen LogP contribution in [0.3, 0.4) is 0 Å². The van der Waals surface area contributed by atoms with Crippen LogP contribution in [0.15, 0.2) is 30.3 Å². The normalized spacial score (nSPS) is 13.8. The average molecular weight is 275 g/mol. The molecular formula is C15H21N3O2. The van der Waals surface area contributed by atoms with Crippen LogP contribution in [-0.4, -0.2) is 43.4 Å². The molecule has 0 spiro atoms. The highest BCUT2D eigenvalue weighted by molar-refractivity contribution is 5.94. The number of hydrogen-bond donors (Lipinski definition) is 2. The van der Waals surface area contributed by atoms with Crippen LogP contribution < -0.4 is 10.6 Å². The molecule has 1 aromatic rings. The number of carbonyl (C=O) groups is 2. The maximum atomic E-state index is 11.8. The molecule has 0 unspecified atom stereocenters. The first kappa shape index (κ1) is 14.5. The van der Waals surface area contributed by atoms with Crippen LogP contribution in [-0.2, 0) is 9.59 Å². The Hall–Kier alpha value is -1.88. The molecule has 0 atom stereocenters. The fourth-order valence-corrected chi connectivity index (χ4v) is 1.87. The number of likely N-dealkylation sites (N-methyl/N-ethyl adjacent to an activating group) is 1. The van der Waals surface area contributed by atoms with Crippen LogP contribution in [0.5, 0.6) is 0 Å². The molecule has 1 aromatic carbocycles. The molecule has 0 bridgehead atoms. The minimum absolute atomic E-state index is 0.0612. The van der Waals surface area contributed by atoms with Crippen LogP contribution in [0.2, 0.25) is 0 Å². The summed E-state index contributed by atoms with van der Waals surface area (Å²) in [6.07, 6.45) is 2.52. The van der Waals surface area contributed by atoms with Crippen LogP contribution in [0, 0.1) is 5.92 Å². The van der Waals surface area contributed by atoms with Gasteiger partial charge in [-0.1, -0.05) is 18.2 Å². The van der Waals surface area contributed by atoms with Crippen molar-refractivity contribution in [2.75, 3.05) is 32.0 Å². The molecular weight excluding hydrogens is 254 g/mol. The van der Waals surface area contributed by atoms with Gasteiger partial charge in [-0.2, -0.15) is 0 Å². The van der Waals surface area contributed by atoms with Crippen molar-refractivity contribution in [3.8, 4) is 0 Å². The highest BCUT2D eigenvalue weighted by Gasteiger charge is 2.21. The van der Waals surface area contributed by atoms with Crippen LogP contribution >= 0.6 is 0 Å². The molecule has 0 aromatic heterocycles. The minimum atomic E-state index is -0.186. The third-order valence-electron chi connectivity index (χ3n) is 3.27. The van der Waals surface area contributed by atoms with Gasteiger partial charge in [0.25, 0.3) is 0 Å². The van der Waals surface area contributed by atoms with Crippen molar-refractivity contribution in [2.45, 2.75) is 12.8 Å². The Balaban J connectivity index is 1.67. The molecule has 2 amide bonds. The lowest BCUT2D eigenvalue weighted by molar-refractivity contribution is -0.132. The Bertz CT molecular complexity index is 457. The third kappa shape index (κ3) is 5.01. The van der Waals surface area contributed by atoms with Gasteiger partial charge in [0.1, 0.15) is 0 Å². The summed E-state index contributed by atoms with van der Waals surface area (Å²) in [5.41, 5.74) is 0.741. The Labute approximate surface area is 119 Å².